The number of hydrogen-bond donors (Lipinski definition) is 0. The van der Waals surface area contributed by atoms with E-state index in [2.05, 4.69) is 4.74 Å². The predicted octanol–water partition coefficient (Wildman–Crippen LogP) is 3.93. The maximum Gasteiger partial charge on any atom is 0.573 e. The molecule has 0 atom stereocenters. The Morgan fingerprint density at radius 2 is 1.71 bits per heavy atom. The molecule has 0 fully saturated rings. The summed E-state index contributed by atoms with van der Waals surface area (Å²) in [5.74, 6) is -1.79. The van der Waals surface area contributed by atoms with Crippen molar-refractivity contribution in [2.75, 3.05) is 0 Å². The second-order valence-corrected chi connectivity index (χ2v) is 4.65. The van der Waals surface area contributed by atoms with Gasteiger partial charge in [-0.15, -0.1) is 13.2 Å². The third-order valence-electron chi connectivity index (χ3n) is 1.18. The standard InChI is InChI=1S/C7H2F4I2O/c8-4-1-3(12)2-5(13)6(4)14-7(9,10)11/h1-2H. The van der Waals surface area contributed by atoms with Gasteiger partial charge in [-0.1, -0.05) is 0 Å². The lowest BCUT2D eigenvalue weighted by atomic mass is 10.3. The van der Waals surface area contributed by atoms with Crippen LogP contribution in [-0.4, -0.2) is 6.36 Å². The quantitative estimate of drug-likeness (QED) is 0.483. The lowest BCUT2D eigenvalue weighted by Gasteiger charge is -2.11. The van der Waals surface area contributed by atoms with Gasteiger partial charge in [0.1, 0.15) is 0 Å². The normalized spacial score (nSPS) is 11.6. The van der Waals surface area contributed by atoms with Crippen molar-refractivity contribution >= 4 is 45.2 Å². The number of rotatable bonds is 1. The molecule has 0 spiro atoms. The molecule has 0 saturated carbocycles. The van der Waals surface area contributed by atoms with E-state index in [4.69, 9.17) is 0 Å². The minimum Gasteiger partial charge on any atom is -0.402 e. The maximum atomic E-state index is 13.0. The SMILES string of the molecule is Fc1cc(I)cc(I)c1OC(F)(F)F. The highest BCUT2D eigenvalue weighted by molar-refractivity contribution is 14.1. The largest absolute Gasteiger partial charge is 0.573 e. The monoisotopic (exact) mass is 432 g/mol. The molecule has 0 aliphatic rings. The van der Waals surface area contributed by atoms with Crippen LogP contribution in [0.3, 0.4) is 0 Å². The Kier molecular flexibility index (Phi) is 3.83. The van der Waals surface area contributed by atoms with Crippen LogP contribution in [-0.2, 0) is 0 Å². The van der Waals surface area contributed by atoms with Crippen LogP contribution >= 0.6 is 45.2 Å². The Hall–Kier alpha value is 0.200. The van der Waals surface area contributed by atoms with Crippen LogP contribution in [0.2, 0.25) is 0 Å². The molecule has 1 nitrogen and oxygen atoms in total. The maximum absolute atomic E-state index is 13.0. The summed E-state index contributed by atoms with van der Waals surface area (Å²) < 4.78 is 52.6. The molecule has 1 aromatic rings. The van der Waals surface area contributed by atoms with Crippen molar-refractivity contribution in [3.8, 4) is 5.75 Å². The third-order valence-corrected chi connectivity index (χ3v) is 2.60. The van der Waals surface area contributed by atoms with Crippen LogP contribution < -0.4 is 4.74 Å². The molecule has 14 heavy (non-hydrogen) atoms. The summed E-state index contributed by atoms with van der Waals surface area (Å²) >= 11 is 3.39. The molecule has 1 rings (SSSR count). The van der Waals surface area contributed by atoms with Crippen LogP contribution in [0.4, 0.5) is 17.6 Å². The van der Waals surface area contributed by atoms with Crippen molar-refractivity contribution in [2.24, 2.45) is 0 Å². The molecule has 0 aromatic heterocycles. The van der Waals surface area contributed by atoms with E-state index in [-0.39, 0.29) is 3.57 Å². The molecule has 0 unspecified atom stereocenters. The first-order valence-corrected chi connectivity index (χ1v) is 5.35. The van der Waals surface area contributed by atoms with Gasteiger partial charge in [-0.3, -0.25) is 0 Å². The Bertz CT molecular complexity index is 327. The van der Waals surface area contributed by atoms with Crippen molar-refractivity contribution in [1.82, 2.24) is 0 Å². The molecule has 78 valence electrons. The first-order chi connectivity index (χ1) is 6.29. The minimum absolute atomic E-state index is 0.0873. The van der Waals surface area contributed by atoms with Gasteiger partial charge in [-0.25, -0.2) is 4.39 Å². The predicted molar refractivity (Wildman–Crippen MR) is 58.5 cm³/mol. The van der Waals surface area contributed by atoms with Crippen molar-refractivity contribution < 1.29 is 22.3 Å². The number of ether oxygens (including phenoxy) is 1. The number of halogens is 6. The molecule has 0 radical (unpaired) electrons. The Morgan fingerprint density at radius 1 is 1.14 bits per heavy atom. The zero-order valence-corrected chi connectivity index (χ0v) is 10.6. The van der Waals surface area contributed by atoms with Crippen molar-refractivity contribution in [3.05, 3.63) is 25.1 Å². The van der Waals surface area contributed by atoms with Crippen molar-refractivity contribution in [2.45, 2.75) is 6.36 Å². The van der Waals surface area contributed by atoms with Crippen LogP contribution in [0.25, 0.3) is 0 Å². The van der Waals surface area contributed by atoms with Gasteiger partial charge in [-0.05, 0) is 57.3 Å². The molecule has 0 saturated heterocycles. The molecule has 0 aliphatic heterocycles. The minimum atomic E-state index is -4.87. The third kappa shape index (κ3) is 3.41. The summed E-state index contributed by atoms with van der Waals surface area (Å²) in [6, 6.07) is 2.37. The van der Waals surface area contributed by atoms with Gasteiger partial charge < -0.3 is 4.74 Å². The van der Waals surface area contributed by atoms with E-state index in [9.17, 15) is 17.6 Å². The topological polar surface area (TPSA) is 9.23 Å². The average Bonchev–Trinajstić information content (AvgIpc) is 1.95. The fourth-order valence-corrected chi connectivity index (χ4v) is 2.63. The lowest BCUT2D eigenvalue weighted by molar-refractivity contribution is -0.275. The highest BCUT2D eigenvalue weighted by Gasteiger charge is 2.33. The molecule has 0 bridgehead atoms. The lowest BCUT2D eigenvalue weighted by Crippen LogP contribution is -2.18. The summed E-state index contributed by atoms with van der Waals surface area (Å²) in [6.45, 7) is 0. The van der Waals surface area contributed by atoms with E-state index in [0.717, 1.165) is 6.07 Å². The fraction of sp³-hybridized carbons (Fsp3) is 0.143. The van der Waals surface area contributed by atoms with Crippen molar-refractivity contribution in [1.29, 1.82) is 0 Å². The van der Waals surface area contributed by atoms with Gasteiger partial charge in [0.05, 0.1) is 3.57 Å². The second kappa shape index (κ2) is 4.37. The summed E-state index contributed by atoms with van der Waals surface area (Å²) in [4.78, 5) is 0. The Labute approximate surface area is 104 Å². The number of hydrogen-bond acceptors (Lipinski definition) is 1. The molecule has 0 N–H and O–H groups in total. The smallest absolute Gasteiger partial charge is 0.402 e. The summed E-state index contributed by atoms with van der Waals surface area (Å²) in [5, 5.41) is 0. The van der Waals surface area contributed by atoms with E-state index in [1.165, 1.54) is 6.07 Å². The summed E-state index contributed by atoms with van der Waals surface area (Å²) in [6.07, 6.45) is -4.87. The Morgan fingerprint density at radius 3 is 2.14 bits per heavy atom. The second-order valence-electron chi connectivity index (χ2n) is 2.25. The van der Waals surface area contributed by atoms with Gasteiger partial charge in [-0.2, -0.15) is 0 Å². The van der Waals surface area contributed by atoms with Gasteiger partial charge in [0.25, 0.3) is 0 Å². The summed E-state index contributed by atoms with van der Waals surface area (Å²) in [5.41, 5.74) is 0. The highest BCUT2D eigenvalue weighted by Crippen LogP contribution is 2.31. The van der Waals surface area contributed by atoms with E-state index in [0.29, 0.717) is 3.57 Å². The highest BCUT2D eigenvalue weighted by atomic mass is 127. The molecule has 1 aromatic carbocycles. The average molecular weight is 432 g/mol. The Balaban J connectivity index is 3.09. The van der Waals surface area contributed by atoms with Crippen LogP contribution in [0, 0.1) is 13.0 Å². The van der Waals surface area contributed by atoms with E-state index < -0.39 is 17.9 Å². The van der Waals surface area contributed by atoms with Crippen LogP contribution in [0.1, 0.15) is 0 Å². The van der Waals surface area contributed by atoms with E-state index >= 15 is 0 Å². The molecular formula is C7H2F4I2O. The van der Waals surface area contributed by atoms with Gasteiger partial charge in [0, 0.05) is 3.57 Å². The molecular weight excluding hydrogens is 430 g/mol. The van der Waals surface area contributed by atoms with Gasteiger partial charge in [0.2, 0.25) is 0 Å². The van der Waals surface area contributed by atoms with Gasteiger partial charge >= 0.3 is 6.36 Å². The number of benzene rings is 1. The zero-order valence-electron chi connectivity index (χ0n) is 6.33. The summed E-state index contributed by atoms with van der Waals surface area (Å²) in [7, 11) is 0. The fourth-order valence-electron chi connectivity index (χ4n) is 0.742. The van der Waals surface area contributed by atoms with E-state index in [1.807, 2.05) is 0 Å². The zero-order chi connectivity index (χ0) is 10.9. The first kappa shape index (κ1) is 12.3. The van der Waals surface area contributed by atoms with Crippen molar-refractivity contribution in [3.63, 3.8) is 0 Å². The molecule has 0 amide bonds. The molecule has 7 heteroatoms. The number of alkyl halides is 3. The molecule has 0 heterocycles. The van der Waals surface area contributed by atoms with Crippen LogP contribution in [0.15, 0.2) is 12.1 Å². The first-order valence-electron chi connectivity index (χ1n) is 3.20. The van der Waals surface area contributed by atoms with Gasteiger partial charge in [0.15, 0.2) is 11.6 Å². The molecule has 0 aliphatic carbocycles. The van der Waals surface area contributed by atoms with E-state index in [1.54, 1.807) is 45.2 Å². The van der Waals surface area contributed by atoms with Crippen LogP contribution in [0.5, 0.6) is 5.75 Å².